The van der Waals surface area contributed by atoms with Crippen molar-refractivity contribution in [2.75, 3.05) is 11.5 Å². The van der Waals surface area contributed by atoms with Crippen LogP contribution in [-0.4, -0.2) is 9.97 Å². The summed E-state index contributed by atoms with van der Waals surface area (Å²) < 4.78 is 2.37. The minimum Gasteiger partial charge on any atom is -1.00 e. The van der Waals surface area contributed by atoms with Gasteiger partial charge in [-0.15, -0.1) is 48.0 Å². The Labute approximate surface area is 286 Å². The minimum absolute atomic E-state index is 0. The van der Waals surface area contributed by atoms with Gasteiger partial charge in [0.2, 0.25) is 0 Å². The van der Waals surface area contributed by atoms with Crippen molar-refractivity contribution in [3.05, 3.63) is 68.1 Å². The molecule has 4 nitrogen and oxygen atoms in total. The Morgan fingerprint density at radius 2 is 0.966 bits per heavy atom. The maximum absolute atomic E-state index is 5.76. The van der Waals surface area contributed by atoms with Crippen LogP contribution in [0.5, 0.6) is 0 Å². The third-order valence-electron chi connectivity index (χ3n) is 3.50. The molecule has 4 rings (SSSR count). The molecule has 0 aliphatic rings. The van der Waals surface area contributed by atoms with Gasteiger partial charge in [0.05, 0.1) is 22.4 Å². The monoisotopic (exact) mass is 1250 g/mol. The van der Waals surface area contributed by atoms with Crippen molar-refractivity contribution in [2.45, 2.75) is 0 Å². The number of halogens is 6. The summed E-state index contributed by atoms with van der Waals surface area (Å²) >= 11 is 4.56. The zero-order valence-electron chi connectivity index (χ0n) is 14.9. The molecule has 4 aromatic rings. The summed E-state index contributed by atoms with van der Waals surface area (Å²) in [5.74, 6) is 0. The second-order valence-corrected chi connectivity index (χ2v) is 7.40. The van der Waals surface area contributed by atoms with E-state index in [0.29, 0.717) is 0 Å². The Hall–Kier alpha value is 2.18. The molecular formula is C18H16HgI6N4. The molecule has 2 aromatic heterocycles. The van der Waals surface area contributed by atoms with Crippen LogP contribution in [0.4, 0.5) is 11.4 Å². The van der Waals surface area contributed by atoms with E-state index in [2.05, 4.69) is 55.1 Å². The average molecular weight is 1250 g/mol. The normalized spacial score (nSPS) is 8.62. The molecule has 2 heterocycles. The van der Waals surface area contributed by atoms with Crippen LogP contribution in [0.25, 0.3) is 21.8 Å². The number of anilines is 2. The van der Waals surface area contributed by atoms with Crippen LogP contribution in [0, 0.1) is 7.14 Å². The molecule has 152 valence electrons. The second-order valence-electron chi connectivity index (χ2n) is 5.07. The van der Waals surface area contributed by atoms with Gasteiger partial charge in [-0.25, -0.2) is 0 Å². The number of nitrogen functional groups attached to an aromatic ring is 2. The van der Waals surface area contributed by atoms with Crippen molar-refractivity contribution in [3.63, 3.8) is 0 Å². The molecule has 4 N–H and O–H groups in total. The summed E-state index contributed by atoms with van der Waals surface area (Å²) in [7, 11) is 0. The summed E-state index contributed by atoms with van der Waals surface area (Å²) in [5, 5.41) is 2.25. The van der Waals surface area contributed by atoms with E-state index in [1.54, 1.807) is 12.4 Å². The van der Waals surface area contributed by atoms with E-state index in [-0.39, 0.29) is 124 Å². The van der Waals surface area contributed by atoms with E-state index < -0.39 is 0 Å². The Morgan fingerprint density at radius 1 is 0.621 bits per heavy atom. The number of nitrogens with zero attached hydrogens (tertiary/aromatic N) is 2. The van der Waals surface area contributed by atoms with Crippen LogP contribution in [-0.2, 0) is 27.7 Å². The molecule has 0 bridgehead atoms. The third kappa shape index (κ3) is 9.51. The fourth-order valence-electron chi connectivity index (χ4n) is 2.32. The van der Waals surface area contributed by atoms with Crippen molar-refractivity contribution < 1.29 is 75.6 Å². The molecule has 0 radical (unpaired) electrons. The van der Waals surface area contributed by atoms with Gasteiger partial charge in [0.25, 0.3) is 0 Å². The van der Waals surface area contributed by atoms with Gasteiger partial charge in [0.15, 0.2) is 0 Å². The fraction of sp³-hybridized carbons (Fsp3) is 0. The Balaban J connectivity index is -0.000000398. The number of benzene rings is 2. The van der Waals surface area contributed by atoms with Gasteiger partial charge in [-0.1, -0.05) is 12.1 Å². The van der Waals surface area contributed by atoms with Crippen molar-refractivity contribution in [2.24, 2.45) is 0 Å². The van der Waals surface area contributed by atoms with Crippen LogP contribution >= 0.6 is 93.1 Å². The van der Waals surface area contributed by atoms with E-state index in [9.17, 15) is 0 Å². The molecule has 0 atom stereocenters. The van der Waals surface area contributed by atoms with Crippen LogP contribution < -0.4 is 59.4 Å². The van der Waals surface area contributed by atoms with Crippen LogP contribution in [0.2, 0.25) is 0 Å². The first kappa shape index (κ1) is 35.8. The third-order valence-corrected chi connectivity index (χ3v) is 5.38. The summed E-state index contributed by atoms with van der Waals surface area (Å²) in [6, 6.07) is 15.7. The summed E-state index contributed by atoms with van der Waals surface area (Å²) in [6.07, 6.45) is 3.52. The predicted molar refractivity (Wildman–Crippen MR) is 149 cm³/mol. The quantitative estimate of drug-likeness (QED) is 0.149. The van der Waals surface area contributed by atoms with E-state index >= 15 is 0 Å². The predicted octanol–water partition coefficient (Wildman–Crippen LogP) is 0.0847. The molecule has 29 heavy (non-hydrogen) atoms. The molecule has 0 aliphatic heterocycles. The zero-order chi connectivity index (χ0) is 17.1. The van der Waals surface area contributed by atoms with E-state index in [0.717, 1.165) is 33.2 Å². The molecule has 0 amide bonds. The molecular weight excluding hydrogens is 1230 g/mol. The smallest absolute Gasteiger partial charge is 1.00 e. The maximum atomic E-state index is 5.76. The maximum Gasteiger partial charge on any atom is 2.00 e. The van der Waals surface area contributed by atoms with E-state index in [1.807, 2.05) is 48.5 Å². The molecule has 0 fully saturated rings. The van der Waals surface area contributed by atoms with Gasteiger partial charge in [-0.3, -0.25) is 9.97 Å². The number of fused-ring (bicyclic) bond motifs is 2. The first-order valence-electron chi connectivity index (χ1n) is 7.15. The topological polar surface area (TPSA) is 77.8 Å². The summed E-state index contributed by atoms with van der Waals surface area (Å²) in [6.45, 7) is 0. The van der Waals surface area contributed by atoms with Crippen molar-refractivity contribution in [1.29, 1.82) is 0 Å². The molecule has 0 spiro atoms. The number of nitrogens with two attached hydrogens (primary N) is 2. The largest absolute Gasteiger partial charge is 2.00 e. The van der Waals surface area contributed by atoms with Gasteiger partial charge >= 0.3 is 27.7 Å². The SMILES string of the molecule is I.I.Nc1ccc(I)c2cccnc12.Nc1ccc(I)c2cccnc12.[Hg+2].[I-].[I-]. The molecule has 0 saturated carbocycles. The number of aromatic nitrogens is 2. The van der Waals surface area contributed by atoms with E-state index in [1.165, 1.54) is 7.14 Å². The fourth-order valence-corrected chi connectivity index (χ4v) is 3.55. The number of hydrogen-bond donors (Lipinski definition) is 2. The number of rotatable bonds is 0. The molecule has 0 saturated heterocycles. The van der Waals surface area contributed by atoms with Gasteiger partial charge in [-0.05, 0) is 81.6 Å². The van der Waals surface area contributed by atoms with Crippen molar-refractivity contribution in [3.8, 4) is 0 Å². The zero-order valence-corrected chi connectivity index (χ0v) is 33.6. The van der Waals surface area contributed by atoms with Gasteiger partial charge in [-0.2, -0.15) is 0 Å². The number of hydrogen-bond acceptors (Lipinski definition) is 4. The standard InChI is InChI=1S/2C9H7IN2.Hg.4HI/c2*10-7-3-4-8(11)9-6(7)2-1-5-12-9;;;;;/h2*1-5H,11H2;;4*1H/q;;+2;;;;/p-2. The summed E-state index contributed by atoms with van der Waals surface area (Å²) in [5.41, 5.74) is 14.8. The van der Waals surface area contributed by atoms with Gasteiger partial charge in [0, 0.05) is 30.3 Å². The van der Waals surface area contributed by atoms with Crippen LogP contribution in [0.15, 0.2) is 60.9 Å². The van der Waals surface area contributed by atoms with Crippen molar-refractivity contribution >= 4 is 126 Å². The Bertz CT molecular complexity index is 871. The van der Waals surface area contributed by atoms with Crippen LogP contribution in [0.1, 0.15) is 0 Å². The first-order valence-corrected chi connectivity index (χ1v) is 9.31. The Kier molecular flexibility index (Phi) is 21.7. The summed E-state index contributed by atoms with van der Waals surface area (Å²) in [4.78, 5) is 8.42. The molecule has 2 aromatic carbocycles. The van der Waals surface area contributed by atoms with E-state index in [4.69, 9.17) is 11.5 Å². The second kappa shape index (κ2) is 17.6. The Morgan fingerprint density at radius 3 is 1.28 bits per heavy atom. The minimum atomic E-state index is 0. The number of pyridine rings is 2. The average Bonchev–Trinajstić information content (AvgIpc) is 2.63. The van der Waals surface area contributed by atoms with Crippen molar-refractivity contribution in [1.82, 2.24) is 9.97 Å². The van der Waals surface area contributed by atoms with Crippen LogP contribution in [0.3, 0.4) is 0 Å². The first-order chi connectivity index (χ1) is 11.6. The molecule has 11 heteroatoms. The van der Waals surface area contributed by atoms with Gasteiger partial charge in [0.1, 0.15) is 0 Å². The molecule has 0 unspecified atom stereocenters. The molecule has 0 aliphatic carbocycles. The van der Waals surface area contributed by atoms with Gasteiger partial charge < -0.3 is 59.4 Å².